The average molecular weight is 388 g/mol. The van der Waals surface area contributed by atoms with Crippen molar-refractivity contribution in [1.29, 1.82) is 0 Å². The van der Waals surface area contributed by atoms with Gasteiger partial charge in [0.05, 0.1) is 23.0 Å². The molecule has 2 atom stereocenters. The lowest BCUT2D eigenvalue weighted by molar-refractivity contribution is 0.0740. The van der Waals surface area contributed by atoms with Gasteiger partial charge in [-0.2, -0.15) is 0 Å². The largest absolute Gasteiger partial charge is 0.365 e. The lowest BCUT2D eigenvalue weighted by Gasteiger charge is -2.22. The van der Waals surface area contributed by atoms with E-state index in [1.54, 1.807) is 13.1 Å². The smallest absolute Gasteiger partial charge is 0.274 e. The molecule has 0 bridgehead atoms. The van der Waals surface area contributed by atoms with Crippen molar-refractivity contribution in [1.82, 2.24) is 15.1 Å². The Kier molecular flexibility index (Phi) is 4.71. The Hall–Kier alpha value is -1.75. The van der Waals surface area contributed by atoms with Crippen LogP contribution in [0.15, 0.2) is 12.1 Å². The van der Waals surface area contributed by atoms with Gasteiger partial charge in [-0.3, -0.25) is 4.79 Å². The van der Waals surface area contributed by atoms with E-state index < -0.39 is 19.7 Å². The molecule has 11 heteroatoms. The standard InChI is InChI=1S/C14H20N4O5S2/c1-18(11-5-7-25(22,23)9-11)14(19)12-2-3-13(17-16-12)15-10-4-6-24(20,21)8-10/h2-3,10-11H,4-9H2,1H3,(H,15,17). The molecular weight excluding hydrogens is 368 g/mol. The molecule has 0 saturated carbocycles. The Morgan fingerprint density at radius 2 is 1.76 bits per heavy atom. The first kappa shape index (κ1) is 18.1. The minimum Gasteiger partial charge on any atom is -0.365 e. The lowest BCUT2D eigenvalue weighted by atomic mass is 10.2. The van der Waals surface area contributed by atoms with Crippen LogP contribution in [0, 0.1) is 0 Å². The summed E-state index contributed by atoms with van der Waals surface area (Å²) in [4.78, 5) is 13.8. The van der Waals surface area contributed by atoms with Gasteiger partial charge < -0.3 is 10.2 Å². The zero-order valence-corrected chi connectivity index (χ0v) is 15.4. The van der Waals surface area contributed by atoms with Crippen molar-refractivity contribution in [3.63, 3.8) is 0 Å². The highest BCUT2D eigenvalue weighted by Gasteiger charge is 2.33. The van der Waals surface area contributed by atoms with E-state index in [-0.39, 0.29) is 46.7 Å². The van der Waals surface area contributed by atoms with E-state index in [1.165, 1.54) is 11.0 Å². The molecule has 1 aromatic heterocycles. The van der Waals surface area contributed by atoms with Gasteiger partial charge in [-0.25, -0.2) is 16.8 Å². The fraction of sp³-hybridized carbons (Fsp3) is 0.643. The van der Waals surface area contributed by atoms with E-state index >= 15 is 0 Å². The van der Waals surface area contributed by atoms with Gasteiger partial charge in [0.15, 0.2) is 25.4 Å². The molecule has 25 heavy (non-hydrogen) atoms. The third-order valence-electron chi connectivity index (χ3n) is 4.54. The summed E-state index contributed by atoms with van der Waals surface area (Å²) in [6.07, 6.45) is 0.942. The first-order valence-electron chi connectivity index (χ1n) is 7.93. The van der Waals surface area contributed by atoms with Crippen LogP contribution in [-0.2, 0) is 19.7 Å². The zero-order valence-electron chi connectivity index (χ0n) is 13.8. The van der Waals surface area contributed by atoms with Crippen molar-refractivity contribution in [3.05, 3.63) is 17.8 Å². The van der Waals surface area contributed by atoms with Crippen LogP contribution in [-0.4, -0.2) is 80.0 Å². The molecule has 2 unspecified atom stereocenters. The number of nitrogens with one attached hydrogen (secondary N) is 1. The van der Waals surface area contributed by atoms with Crippen molar-refractivity contribution in [2.75, 3.05) is 35.4 Å². The van der Waals surface area contributed by atoms with Gasteiger partial charge in [-0.15, -0.1) is 10.2 Å². The predicted octanol–water partition coefficient (Wildman–Crippen LogP) is -0.665. The van der Waals surface area contributed by atoms with E-state index in [0.717, 1.165) is 0 Å². The molecule has 0 radical (unpaired) electrons. The highest BCUT2D eigenvalue weighted by atomic mass is 32.2. The molecule has 2 aliphatic rings. The Balaban J connectivity index is 1.63. The Morgan fingerprint density at radius 3 is 2.28 bits per heavy atom. The molecule has 1 N–H and O–H groups in total. The third kappa shape index (κ3) is 4.27. The van der Waals surface area contributed by atoms with Crippen molar-refractivity contribution < 1.29 is 21.6 Å². The van der Waals surface area contributed by atoms with Gasteiger partial charge in [0.2, 0.25) is 0 Å². The second kappa shape index (κ2) is 6.52. The number of hydrogen-bond donors (Lipinski definition) is 1. The molecule has 0 aromatic carbocycles. The maximum Gasteiger partial charge on any atom is 0.274 e. The normalized spacial score (nSPS) is 27.1. The fourth-order valence-corrected chi connectivity index (χ4v) is 6.52. The summed E-state index contributed by atoms with van der Waals surface area (Å²) in [7, 11) is -4.50. The first-order chi connectivity index (χ1) is 11.7. The molecule has 2 aliphatic heterocycles. The third-order valence-corrected chi connectivity index (χ3v) is 8.06. The van der Waals surface area contributed by atoms with E-state index in [9.17, 15) is 21.6 Å². The maximum atomic E-state index is 12.4. The second-order valence-corrected chi connectivity index (χ2v) is 11.0. The van der Waals surface area contributed by atoms with Crippen LogP contribution in [0.2, 0.25) is 0 Å². The monoisotopic (exact) mass is 388 g/mol. The van der Waals surface area contributed by atoms with Gasteiger partial charge in [0.1, 0.15) is 5.82 Å². The molecule has 3 rings (SSSR count). The van der Waals surface area contributed by atoms with E-state index in [1.807, 2.05) is 0 Å². The molecular formula is C14H20N4O5S2. The molecule has 138 valence electrons. The van der Waals surface area contributed by atoms with Gasteiger partial charge in [0, 0.05) is 19.1 Å². The van der Waals surface area contributed by atoms with Gasteiger partial charge in [-0.1, -0.05) is 0 Å². The predicted molar refractivity (Wildman–Crippen MR) is 91.9 cm³/mol. The van der Waals surface area contributed by atoms with E-state index in [2.05, 4.69) is 15.5 Å². The van der Waals surface area contributed by atoms with Crippen molar-refractivity contribution in [2.45, 2.75) is 24.9 Å². The minimum atomic E-state index is -3.07. The molecule has 1 amide bonds. The number of amides is 1. The fourth-order valence-electron chi connectivity index (χ4n) is 3.07. The Labute approximate surface area is 146 Å². The molecule has 1 aromatic rings. The summed E-state index contributed by atoms with van der Waals surface area (Å²) >= 11 is 0. The SMILES string of the molecule is CN(C(=O)c1ccc(NC2CCS(=O)(=O)C2)nn1)C1CCS(=O)(=O)C1. The number of anilines is 1. The second-order valence-electron chi connectivity index (χ2n) is 6.52. The van der Waals surface area contributed by atoms with Crippen molar-refractivity contribution in [3.8, 4) is 0 Å². The summed E-state index contributed by atoms with van der Waals surface area (Å²) < 4.78 is 46.0. The molecule has 2 saturated heterocycles. The number of hydrogen-bond acceptors (Lipinski definition) is 8. The number of rotatable bonds is 4. The first-order valence-corrected chi connectivity index (χ1v) is 11.6. The molecule has 2 fully saturated rings. The Morgan fingerprint density at radius 1 is 1.08 bits per heavy atom. The van der Waals surface area contributed by atoms with Crippen molar-refractivity contribution in [2.24, 2.45) is 0 Å². The quantitative estimate of drug-likeness (QED) is 0.720. The van der Waals surface area contributed by atoms with E-state index in [0.29, 0.717) is 18.7 Å². The van der Waals surface area contributed by atoms with Crippen LogP contribution >= 0.6 is 0 Å². The average Bonchev–Trinajstić information content (AvgIpc) is 3.08. The number of sulfone groups is 2. The Bertz CT molecular complexity index is 867. The van der Waals surface area contributed by atoms with Gasteiger partial charge in [-0.05, 0) is 25.0 Å². The summed E-state index contributed by atoms with van der Waals surface area (Å²) in [5.41, 5.74) is 0.122. The number of carbonyl (C=O) groups is 1. The van der Waals surface area contributed by atoms with Crippen LogP contribution in [0.25, 0.3) is 0 Å². The summed E-state index contributed by atoms with van der Waals surface area (Å²) in [6.45, 7) is 0. The van der Waals surface area contributed by atoms with Crippen molar-refractivity contribution >= 4 is 31.4 Å². The molecule has 0 aliphatic carbocycles. The number of aromatic nitrogens is 2. The van der Waals surface area contributed by atoms with Crippen LogP contribution in [0.4, 0.5) is 5.82 Å². The maximum absolute atomic E-state index is 12.4. The zero-order chi connectivity index (χ0) is 18.2. The summed E-state index contributed by atoms with van der Waals surface area (Å²) in [5.74, 6) is 0.305. The minimum absolute atomic E-state index is 0.0293. The van der Waals surface area contributed by atoms with Crippen LogP contribution in [0.3, 0.4) is 0 Å². The number of nitrogens with zero attached hydrogens (tertiary/aromatic N) is 3. The van der Waals surface area contributed by atoms with Crippen LogP contribution in [0.1, 0.15) is 23.3 Å². The topological polar surface area (TPSA) is 126 Å². The summed E-state index contributed by atoms with van der Waals surface area (Å²) in [6, 6.07) is 2.53. The molecule has 0 spiro atoms. The van der Waals surface area contributed by atoms with Crippen LogP contribution < -0.4 is 5.32 Å². The highest BCUT2D eigenvalue weighted by molar-refractivity contribution is 7.91. The number of carbonyl (C=O) groups excluding carboxylic acids is 1. The molecule has 9 nitrogen and oxygen atoms in total. The summed E-state index contributed by atoms with van der Waals surface area (Å²) in [5, 5.41) is 10.8. The van der Waals surface area contributed by atoms with Gasteiger partial charge in [0.25, 0.3) is 5.91 Å². The molecule has 3 heterocycles. The van der Waals surface area contributed by atoms with Gasteiger partial charge >= 0.3 is 0 Å². The van der Waals surface area contributed by atoms with E-state index in [4.69, 9.17) is 0 Å². The van der Waals surface area contributed by atoms with Crippen LogP contribution in [0.5, 0.6) is 0 Å². The lowest BCUT2D eigenvalue weighted by Crippen LogP contribution is -2.38. The highest BCUT2D eigenvalue weighted by Crippen LogP contribution is 2.19.